The van der Waals surface area contributed by atoms with Crippen molar-refractivity contribution >= 4 is 17.9 Å². The summed E-state index contributed by atoms with van der Waals surface area (Å²) in [5, 5.41) is 3.14. The van der Waals surface area contributed by atoms with E-state index in [1.165, 1.54) is 12.1 Å². The Labute approximate surface area is 126 Å². The largest absolute Gasteiger partial charge is 0.368 e. The van der Waals surface area contributed by atoms with Gasteiger partial charge in [0.2, 0.25) is 11.7 Å². The van der Waals surface area contributed by atoms with Gasteiger partial charge in [-0.25, -0.2) is 19.4 Å². The molecule has 2 aromatic rings. The molecule has 0 radical (unpaired) electrons. The first-order valence-electron chi connectivity index (χ1n) is 6.66. The second-order valence-electron chi connectivity index (χ2n) is 4.98. The fraction of sp³-hybridized carbons (Fsp3) is 0.133. The van der Waals surface area contributed by atoms with E-state index in [4.69, 9.17) is 11.5 Å². The minimum Gasteiger partial charge on any atom is -0.368 e. The quantitative estimate of drug-likeness (QED) is 0.775. The van der Waals surface area contributed by atoms with Crippen LogP contribution in [0.5, 0.6) is 0 Å². The number of aryl methyl sites for hydroxylation is 1. The van der Waals surface area contributed by atoms with Crippen LogP contribution in [0.1, 0.15) is 16.8 Å². The van der Waals surface area contributed by atoms with Gasteiger partial charge in [-0.05, 0) is 25.1 Å². The van der Waals surface area contributed by atoms with E-state index in [2.05, 4.69) is 20.3 Å². The highest BCUT2D eigenvalue weighted by atomic mass is 19.1. The molecule has 0 bridgehead atoms. The molecular formula is C15H15FN6. The van der Waals surface area contributed by atoms with E-state index in [1.54, 1.807) is 30.6 Å². The Morgan fingerprint density at radius 2 is 1.95 bits per heavy atom. The highest BCUT2D eigenvalue weighted by Gasteiger charge is 2.29. The van der Waals surface area contributed by atoms with Crippen LogP contribution in [0.2, 0.25) is 0 Å². The second kappa shape index (κ2) is 5.19. The van der Waals surface area contributed by atoms with Crippen LogP contribution in [0.15, 0.2) is 41.5 Å². The molecule has 0 aliphatic carbocycles. The van der Waals surface area contributed by atoms with Crippen molar-refractivity contribution in [3.8, 4) is 0 Å². The molecule has 0 fully saturated rings. The molecule has 6 nitrogen and oxygen atoms in total. The number of nitrogens with zero attached hydrogens (tertiary/aromatic N) is 3. The number of aromatic nitrogens is 2. The summed E-state index contributed by atoms with van der Waals surface area (Å²) in [5.74, 6) is -1.29. The van der Waals surface area contributed by atoms with E-state index in [0.29, 0.717) is 5.56 Å². The number of halogens is 1. The Bertz CT molecular complexity index is 768. The third kappa shape index (κ3) is 2.53. The summed E-state index contributed by atoms with van der Waals surface area (Å²) in [6.07, 6.45) is 5.00. The average Bonchev–Trinajstić information content (AvgIpc) is 2.47. The molecular weight excluding hydrogens is 283 g/mol. The first kappa shape index (κ1) is 14.2. The summed E-state index contributed by atoms with van der Waals surface area (Å²) in [7, 11) is 0. The zero-order chi connectivity index (χ0) is 15.7. The van der Waals surface area contributed by atoms with Crippen molar-refractivity contribution in [3.63, 3.8) is 0 Å². The van der Waals surface area contributed by atoms with Gasteiger partial charge in [0.1, 0.15) is 5.82 Å². The normalized spacial score (nSPS) is 20.4. The molecule has 3 rings (SSSR count). The number of nitrogens with one attached hydrogen (secondary N) is 1. The Morgan fingerprint density at radius 1 is 1.23 bits per heavy atom. The van der Waals surface area contributed by atoms with Gasteiger partial charge >= 0.3 is 0 Å². The minimum absolute atomic E-state index is 0.212. The van der Waals surface area contributed by atoms with E-state index >= 15 is 0 Å². The molecule has 0 amide bonds. The summed E-state index contributed by atoms with van der Waals surface area (Å²) in [5.41, 5.74) is 14.7. The smallest absolute Gasteiger partial charge is 0.220 e. The Morgan fingerprint density at radius 3 is 2.64 bits per heavy atom. The monoisotopic (exact) mass is 298 g/mol. The van der Waals surface area contributed by atoms with Crippen LogP contribution >= 0.6 is 0 Å². The predicted octanol–water partition coefficient (Wildman–Crippen LogP) is 1.29. The molecule has 112 valence electrons. The second-order valence-corrected chi connectivity index (χ2v) is 4.98. The molecule has 5 N–H and O–H groups in total. The molecule has 2 heterocycles. The van der Waals surface area contributed by atoms with Crippen molar-refractivity contribution in [3.05, 3.63) is 59.2 Å². The maximum Gasteiger partial charge on any atom is 0.220 e. The van der Waals surface area contributed by atoms with Crippen LogP contribution in [-0.4, -0.2) is 16.2 Å². The summed E-state index contributed by atoms with van der Waals surface area (Å²) in [6, 6.07) is 5.87. The number of aliphatic imine (C=N–C) groups is 1. The van der Waals surface area contributed by atoms with Gasteiger partial charge in [0.15, 0.2) is 0 Å². The number of anilines is 1. The molecule has 7 heteroatoms. The lowest BCUT2D eigenvalue weighted by Crippen LogP contribution is -2.49. The highest BCUT2D eigenvalue weighted by Crippen LogP contribution is 2.25. The van der Waals surface area contributed by atoms with Gasteiger partial charge in [-0.2, -0.15) is 0 Å². The van der Waals surface area contributed by atoms with E-state index < -0.39 is 5.79 Å². The van der Waals surface area contributed by atoms with E-state index in [9.17, 15) is 4.39 Å². The first-order chi connectivity index (χ1) is 10.5. The van der Waals surface area contributed by atoms with Gasteiger partial charge in [0.25, 0.3) is 0 Å². The van der Waals surface area contributed by atoms with Crippen molar-refractivity contribution in [2.75, 3.05) is 5.73 Å². The van der Waals surface area contributed by atoms with E-state index in [-0.39, 0.29) is 11.8 Å². The fourth-order valence-electron chi connectivity index (χ4n) is 2.27. The van der Waals surface area contributed by atoms with Gasteiger partial charge in [-0.15, -0.1) is 0 Å². The lowest BCUT2D eigenvalue weighted by molar-refractivity contribution is 0.421. The zero-order valence-electron chi connectivity index (χ0n) is 11.9. The van der Waals surface area contributed by atoms with Crippen molar-refractivity contribution in [1.29, 1.82) is 0 Å². The van der Waals surface area contributed by atoms with Gasteiger partial charge in [0, 0.05) is 29.2 Å². The number of hydrogen-bond donors (Lipinski definition) is 3. The number of hydrogen-bond acceptors (Lipinski definition) is 6. The molecule has 1 aromatic carbocycles. The molecule has 1 aliphatic rings. The predicted molar refractivity (Wildman–Crippen MR) is 83.1 cm³/mol. The standard InChI is InChI=1S/C15H15FN6/c1-9-12(8-19-14(17)21-9)13-6-7-20-15(18,22-13)10-2-4-11(16)5-3-10/h2-8,22H,18H2,1H3,(H2,17,19,21). The Balaban J connectivity index is 1.95. The Kier molecular flexibility index (Phi) is 3.34. The summed E-state index contributed by atoms with van der Waals surface area (Å²) in [4.78, 5) is 12.4. The summed E-state index contributed by atoms with van der Waals surface area (Å²) in [6.45, 7) is 1.83. The lowest BCUT2D eigenvalue weighted by Gasteiger charge is -2.31. The van der Waals surface area contributed by atoms with Crippen LogP contribution in [0.4, 0.5) is 10.3 Å². The molecule has 0 spiro atoms. The van der Waals surface area contributed by atoms with Crippen molar-refractivity contribution in [2.45, 2.75) is 12.7 Å². The van der Waals surface area contributed by atoms with Crippen molar-refractivity contribution in [1.82, 2.24) is 15.3 Å². The summed E-state index contributed by atoms with van der Waals surface area (Å²) < 4.78 is 13.1. The number of allylic oxidation sites excluding steroid dienone is 1. The van der Waals surface area contributed by atoms with Gasteiger partial charge in [0.05, 0.1) is 5.69 Å². The fourth-order valence-corrected chi connectivity index (χ4v) is 2.27. The topological polar surface area (TPSA) is 102 Å². The van der Waals surface area contributed by atoms with Gasteiger partial charge in [-0.1, -0.05) is 12.1 Å². The van der Waals surface area contributed by atoms with Crippen LogP contribution < -0.4 is 16.8 Å². The van der Waals surface area contributed by atoms with Gasteiger partial charge in [-0.3, -0.25) is 5.73 Å². The molecule has 1 unspecified atom stereocenters. The van der Waals surface area contributed by atoms with Crippen LogP contribution in [0.25, 0.3) is 5.70 Å². The van der Waals surface area contributed by atoms with E-state index in [0.717, 1.165) is 17.0 Å². The number of benzene rings is 1. The highest BCUT2D eigenvalue weighted by molar-refractivity contribution is 5.86. The molecule has 0 saturated carbocycles. The number of nitrogen functional groups attached to an aromatic ring is 1. The lowest BCUT2D eigenvalue weighted by atomic mass is 10.0. The molecule has 0 saturated heterocycles. The van der Waals surface area contributed by atoms with Crippen LogP contribution in [0.3, 0.4) is 0 Å². The van der Waals surface area contributed by atoms with E-state index in [1.807, 2.05) is 6.92 Å². The van der Waals surface area contributed by atoms with Gasteiger partial charge < -0.3 is 11.1 Å². The maximum atomic E-state index is 13.1. The maximum absolute atomic E-state index is 13.1. The van der Waals surface area contributed by atoms with Crippen molar-refractivity contribution < 1.29 is 4.39 Å². The average molecular weight is 298 g/mol. The third-order valence-corrected chi connectivity index (χ3v) is 3.42. The van der Waals surface area contributed by atoms with Crippen LogP contribution in [-0.2, 0) is 5.79 Å². The molecule has 22 heavy (non-hydrogen) atoms. The number of nitrogens with two attached hydrogens (primary N) is 2. The zero-order valence-corrected chi connectivity index (χ0v) is 11.9. The molecule has 1 aromatic heterocycles. The summed E-state index contributed by atoms with van der Waals surface area (Å²) >= 11 is 0. The Hall–Kier alpha value is -2.80. The minimum atomic E-state index is -1.17. The first-order valence-corrected chi connectivity index (χ1v) is 6.66. The molecule has 1 aliphatic heterocycles. The molecule has 1 atom stereocenters. The SMILES string of the molecule is Cc1nc(N)ncc1C1=CC=NC(N)(c2ccc(F)cc2)N1. The third-order valence-electron chi connectivity index (χ3n) is 3.42. The number of rotatable bonds is 2. The van der Waals surface area contributed by atoms with Crippen molar-refractivity contribution in [2.24, 2.45) is 10.7 Å². The van der Waals surface area contributed by atoms with Crippen LogP contribution in [0, 0.1) is 12.7 Å².